The summed E-state index contributed by atoms with van der Waals surface area (Å²) in [5, 5.41) is 3.22. The minimum Gasteiger partial charge on any atom is -0.371 e. The molecule has 1 unspecified atom stereocenters. The van der Waals surface area contributed by atoms with Crippen molar-refractivity contribution in [2.45, 2.75) is 20.0 Å². The number of halogens is 1. The maximum absolute atomic E-state index is 13.9. The quantitative estimate of drug-likeness (QED) is 0.764. The van der Waals surface area contributed by atoms with Gasteiger partial charge in [0.05, 0.1) is 12.7 Å². The van der Waals surface area contributed by atoms with Crippen molar-refractivity contribution in [1.82, 2.24) is 5.32 Å². The fourth-order valence-corrected chi connectivity index (χ4v) is 1.94. The Morgan fingerprint density at radius 2 is 2.07 bits per heavy atom. The van der Waals surface area contributed by atoms with Crippen LogP contribution < -0.4 is 5.32 Å². The number of hydrogen-bond donors (Lipinski definition) is 1. The number of benzene rings is 1. The molecule has 1 aromatic carbocycles. The molecule has 0 radical (unpaired) electrons. The van der Waals surface area contributed by atoms with E-state index in [-0.39, 0.29) is 11.9 Å². The van der Waals surface area contributed by atoms with E-state index in [4.69, 9.17) is 4.74 Å². The van der Waals surface area contributed by atoms with Crippen molar-refractivity contribution >= 4 is 0 Å². The highest BCUT2D eigenvalue weighted by Gasteiger charge is 2.21. The van der Waals surface area contributed by atoms with Gasteiger partial charge in [-0.15, -0.1) is 0 Å². The van der Waals surface area contributed by atoms with E-state index in [9.17, 15) is 4.39 Å². The van der Waals surface area contributed by atoms with Gasteiger partial charge in [0, 0.05) is 18.7 Å². The molecule has 1 aromatic rings. The van der Waals surface area contributed by atoms with Gasteiger partial charge in [0.25, 0.3) is 0 Å². The molecule has 1 aliphatic heterocycles. The standard InChI is InChI=1S/C12H16FNO/c1-8-3-4-9(2)12(13)11(8)10-7-14-5-6-15-10/h3-4,10,14H,5-7H2,1-2H3. The maximum Gasteiger partial charge on any atom is 0.132 e. The monoisotopic (exact) mass is 209 g/mol. The fourth-order valence-electron chi connectivity index (χ4n) is 1.94. The molecule has 0 spiro atoms. The van der Waals surface area contributed by atoms with Crippen molar-refractivity contribution in [3.8, 4) is 0 Å². The number of rotatable bonds is 1. The Labute approximate surface area is 89.4 Å². The van der Waals surface area contributed by atoms with E-state index in [0.717, 1.165) is 12.1 Å². The highest BCUT2D eigenvalue weighted by Crippen LogP contribution is 2.26. The van der Waals surface area contributed by atoms with Crippen LogP contribution in [0.1, 0.15) is 22.8 Å². The molecule has 1 saturated heterocycles. The summed E-state index contributed by atoms with van der Waals surface area (Å²) in [6.45, 7) is 5.91. The molecule has 0 bridgehead atoms. The molecular formula is C12H16FNO. The molecule has 0 amide bonds. The molecule has 2 nitrogen and oxygen atoms in total. The average molecular weight is 209 g/mol. The van der Waals surface area contributed by atoms with Gasteiger partial charge in [0.2, 0.25) is 0 Å². The first-order chi connectivity index (χ1) is 7.20. The fraction of sp³-hybridized carbons (Fsp3) is 0.500. The average Bonchev–Trinajstić information content (AvgIpc) is 2.26. The minimum absolute atomic E-state index is 0.122. The number of hydrogen-bond acceptors (Lipinski definition) is 2. The van der Waals surface area contributed by atoms with Crippen LogP contribution in [0.15, 0.2) is 12.1 Å². The third-order valence-electron chi connectivity index (χ3n) is 2.84. The van der Waals surface area contributed by atoms with Crippen molar-refractivity contribution in [3.05, 3.63) is 34.6 Å². The Kier molecular flexibility index (Phi) is 3.03. The summed E-state index contributed by atoms with van der Waals surface area (Å²) in [5.74, 6) is -0.122. The van der Waals surface area contributed by atoms with Gasteiger partial charge in [0.15, 0.2) is 0 Å². The lowest BCUT2D eigenvalue weighted by atomic mass is 9.99. The van der Waals surface area contributed by atoms with Crippen molar-refractivity contribution in [2.75, 3.05) is 19.7 Å². The van der Waals surface area contributed by atoms with E-state index in [1.165, 1.54) is 0 Å². The van der Waals surface area contributed by atoms with Gasteiger partial charge in [-0.1, -0.05) is 12.1 Å². The van der Waals surface area contributed by atoms with Crippen LogP contribution in [-0.2, 0) is 4.74 Å². The lowest BCUT2D eigenvalue weighted by molar-refractivity contribution is 0.0250. The van der Waals surface area contributed by atoms with Gasteiger partial charge < -0.3 is 10.1 Å². The van der Waals surface area contributed by atoms with E-state index in [2.05, 4.69) is 5.32 Å². The Morgan fingerprint density at radius 3 is 2.73 bits per heavy atom. The van der Waals surface area contributed by atoms with Crippen molar-refractivity contribution < 1.29 is 9.13 Å². The second kappa shape index (κ2) is 4.29. The van der Waals surface area contributed by atoms with E-state index < -0.39 is 0 Å². The Bertz CT molecular complexity index is 359. The number of nitrogens with one attached hydrogen (secondary N) is 1. The first kappa shape index (κ1) is 10.6. The normalized spacial score (nSPS) is 21.7. The van der Waals surface area contributed by atoms with Crippen LogP contribution in [0.4, 0.5) is 4.39 Å². The van der Waals surface area contributed by atoms with Crippen LogP contribution in [0.25, 0.3) is 0 Å². The first-order valence-corrected chi connectivity index (χ1v) is 5.28. The summed E-state index contributed by atoms with van der Waals surface area (Å²) in [5.41, 5.74) is 2.36. The maximum atomic E-state index is 13.9. The van der Waals surface area contributed by atoms with E-state index in [1.54, 1.807) is 6.92 Å². The minimum atomic E-state index is -0.140. The SMILES string of the molecule is Cc1ccc(C)c(C2CNCCO2)c1F. The summed E-state index contributed by atoms with van der Waals surface area (Å²) >= 11 is 0. The highest BCUT2D eigenvalue weighted by atomic mass is 19.1. The molecule has 1 heterocycles. The molecule has 82 valence electrons. The Hall–Kier alpha value is -0.930. The molecule has 1 aliphatic rings. The first-order valence-electron chi connectivity index (χ1n) is 5.28. The summed E-state index contributed by atoms with van der Waals surface area (Å²) < 4.78 is 19.5. The van der Waals surface area contributed by atoms with Gasteiger partial charge in [0.1, 0.15) is 5.82 Å². The van der Waals surface area contributed by atoms with Gasteiger partial charge in [-0.25, -0.2) is 4.39 Å². The predicted molar refractivity (Wildman–Crippen MR) is 57.4 cm³/mol. The van der Waals surface area contributed by atoms with E-state index in [1.807, 2.05) is 19.1 Å². The zero-order chi connectivity index (χ0) is 10.8. The van der Waals surface area contributed by atoms with Gasteiger partial charge in [-0.3, -0.25) is 0 Å². The van der Waals surface area contributed by atoms with Crippen molar-refractivity contribution in [1.29, 1.82) is 0 Å². The lowest BCUT2D eigenvalue weighted by Crippen LogP contribution is -2.34. The largest absolute Gasteiger partial charge is 0.371 e. The zero-order valence-electron chi connectivity index (χ0n) is 9.14. The van der Waals surface area contributed by atoms with Gasteiger partial charge in [-0.05, 0) is 25.0 Å². The summed E-state index contributed by atoms with van der Waals surface area (Å²) in [6, 6.07) is 3.76. The second-order valence-corrected chi connectivity index (χ2v) is 3.99. The van der Waals surface area contributed by atoms with Crippen LogP contribution in [0.3, 0.4) is 0 Å². The Balaban J connectivity index is 2.36. The van der Waals surface area contributed by atoms with Crippen LogP contribution in [0.2, 0.25) is 0 Å². The van der Waals surface area contributed by atoms with Crippen LogP contribution in [0, 0.1) is 19.7 Å². The van der Waals surface area contributed by atoms with Crippen molar-refractivity contribution in [2.24, 2.45) is 0 Å². The molecule has 1 atom stereocenters. The molecule has 1 fully saturated rings. The number of morpholine rings is 1. The predicted octanol–water partition coefficient (Wildman–Crippen LogP) is 2.10. The third kappa shape index (κ3) is 2.03. The molecule has 2 rings (SSSR count). The van der Waals surface area contributed by atoms with Gasteiger partial charge >= 0.3 is 0 Å². The molecular weight excluding hydrogens is 193 g/mol. The topological polar surface area (TPSA) is 21.3 Å². The van der Waals surface area contributed by atoms with Crippen LogP contribution in [0.5, 0.6) is 0 Å². The van der Waals surface area contributed by atoms with Crippen LogP contribution in [-0.4, -0.2) is 19.7 Å². The summed E-state index contributed by atoms with van der Waals surface area (Å²) in [6.07, 6.45) is -0.140. The van der Waals surface area contributed by atoms with E-state index >= 15 is 0 Å². The van der Waals surface area contributed by atoms with Crippen molar-refractivity contribution in [3.63, 3.8) is 0 Å². The molecule has 15 heavy (non-hydrogen) atoms. The molecule has 3 heteroatoms. The lowest BCUT2D eigenvalue weighted by Gasteiger charge is -2.26. The van der Waals surface area contributed by atoms with Crippen LogP contribution >= 0.6 is 0 Å². The highest BCUT2D eigenvalue weighted by molar-refractivity contribution is 5.34. The van der Waals surface area contributed by atoms with E-state index in [0.29, 0.717) is 24.3 Å². The Morgan fingerprint density at radius 1 is 1.33 bits per heavy atom. The molecule has 0 saturated carbocycles. The number of aryl methyl sites for hydroxylation is 2. The zero-order valence-corrected chi connectivity index (χ0v) is 9.14. The van der Waals surface area contributed by atoms with Gasteiger partial charge in [-0.2, -0.15) is 0 Å². The number of ether oxygens (including phenoxy) is 1. The summed E-state index contributed by atoms with van der Waals surface area (Å²) in [7, 11) is 0. The summed E-state index contributed by atoms with van der Waals surface area (Å²) in [4.78, 5) is 0. The molecule has 1 N–H and O–H groups in total. The molecule has 0 aromatic heterocycles. The smallest absolute Gasteiger partial charge is 0.132 e. The third-order valence-corrected chi connectivity index (χ3v) is 2.84. The second-order valence-electron chi connectivity index (χ2n) is 3.99. The molecule has 0 aliphatic carbocycles.